The smallest absolute Gasteiger partial charge is 0.300 e. The molecule has 0 radical (unpaired) electrons. The van der Waals surface area contributed by atoms with E-state index in [9.17, 15) is 48.0 Å². The quantitative estimate of drug-likeness (QED) is 0.222. The molecule has 2 N–H and O–H groups in total. The summed E-state index contributed by atoms with van der Waals surface area (Å²) in [6.07, 6.45) is -9.46. The third-order valence-electron chi connectivity index (χ3n) is 4.66. The van der Waals surface area contributed by atoms with Gasteiger partial charge in [0.25, 0.3) is 20.2 Å². The Hall–Kier alpha value is -2.07. The van der Waals surface area contributed by atoms with Gasteiger partial charge in [-0.2, -0.15) is 54.9 Å². The maximum absolute atomic E-state index is 13.1. The summed E-state index contributed by atoms with van der Waals surface area (Å²) in [5, 5.41) is -2.44. The largest absolute Gasteiger partial charge is 0.451 e. The van der Waals surface area contributed by atoms with Crippen molar-refractivity contribution in [3.63, 3.8) is 0 Å². The Morgan fingerprint density at radius 2 is 1.32 bits per heavy atom. The molecule has 224 valence electrons. The van der Waals surface area contributed by atoms with Gasteiger partial charge in [-0.05, 0) is 12.1 Å². The highest BCUT2D eigenvalue weighted by Crippen LogP contribution is 2.37. The van der Waals surface area contributed by atoms with E-state index in [2.05, 4.69) is 19.9 Å². The predicted molar refractivity (Wildman–Crippen MR) is 132 cm³/mol. The number of hydrogen-bond acceptors (Lipinski definition) is 11. The normalized spacial score (nSPS) is 14.6. The van der Waals surface area contributed by atoms with Gasteiger partial charge in [0.1, 0.15) is 17.3 Å². The molecule has 21 heteroatoms. The Labute approximate surface area is 232 Å². The molecule has 0 spiro atoms. The summed E-state index contributed by atoms with van der Waals surface area (Å²) in [4.78, 5) is 26.6. The summed E-state index contributed by atoms with van der Waals surface area (Å²) in [7, 11) is -8.92. The average molecular weight is 659 g/mol. The van der Waals surface area contributed by atoms with Gasteiger partial charge in [-0.3, -0.25) is 13.9 Å². The van der Waals surface area contributed by atoms with Crippen molar-refractivity contribution in [2.24, 2.45) is 0 Å². The van der Waals surface area contributed by atoms with Crippen molar-refractivity contribution in [2.75, 3.05) is 23.0 Å². The highest BCUT2D eigenvalue weighted by Gasteiger charge is 2.36. The number of alkyl halides is 6. The van der Waals surface area contributed by atoms with Crippen LogP contribution >= 0.6 is 23.5 Å². The molecule has 0 aromatic carbocycles. The summed E-state index contributed by atoms with van der Waals surface area (Å²) in [5.74, 6) is -5.10. The molecule has 40 heavy (non-hydrogen) atoms. The number of aromatic nitrogens is 4. The molecule has 2 heterocycles. The van der Waals surface area contributed by atoms with Crippen LogP contribution in [0, 0.1) is 0 Å². The van der Waals surface area contributed by atoms with Crippen LogP contribution in [0.25, 0.3) is 0 Å². The molecular formula is C19H20F6N4O7S4. The molecule has 0 fully saturated rings. The minimum atomic E-state index is -4.95. The Morgan fingerprint density at radius 1 is 0.800 bits per heavy atom. The van der Waals surface area contributed by atoms with Crippen LogP contribution in [0.15, 0.2) is 24.5 Å². The minimum absolute atomic E-state index is 0.304. The molecule has 0 aliphatic heterocycles. The lowest BCUT2D eigenvalue weighted by Crippen LogP contribution is -2.17. The first-order chi connectivity index (χ1) is 18.2. The average Bonchev–Trinajstić information content (AvgIpc) is 2.80. The molecule has 0 amide bonds. The molecule has 2 aromatic heterocycles. The number of nitrogens with zero attached hydrogens (tertiary/aromatic N) is 4. The van der Waals surface area contributed by atoms with E-state index in [1.54, 1.807) is 0 Å². The van der Waals surface area contributed by atoms with Crippen molar-refractivity contribution in [3.05, 3.63) is 47.6 Å². The van der Waals surface area contributed by atoms with Crippen molar-refractivity contribution in [3.8, 4) is 0 Å². The van der Waals surface area contributed by atoms with Crippen LogP contribution in [0.3, 0.4) is 0 Å². The molecule has 11 nitrogen and oxygen atoms in total. The molecule has 0 aliphatic rings. The molecule has 0 saturated carbocycles. The highest BCUT2D eigenvalue weighted by atomic mass is 32.2. The summed E-state index contributed by atoms with van der Waals surface area (Å²) in [6.45, 7) is 0. The number of hydrogen-bond donors (Lipinski definition) is 2. The maximum Gasteiger partial charge on any atom is 0.451 e. The van der Waals surface area contributed by atoms with Gasteiger partial charge in [0.2, 0.25) is 5.82 Å². The zero-order valence-corrected chi connectivity index (χ0v) is 23.1. The SMILES string of the molecule is O=C(CC(SCCS(=O)(=O)O)c1ccnc(C(F)(F)F)n1)CC(SCCS(=O)(=O)O)c1nccc(C(F)(F)F)n1. The lowest BCUT2D eigenvalue weighted by atomic mass is 10.1. The van der Waals surface area contributed by atoms with Crippen molar-refractivity contribution in [2.45, 2.75) is 35.7 Å². The van der Waals surface area contributed by atoms with Gasteiger partial charge in [0.15, 0.2) is 0 Å². The predicted octanol–water partition coefficient (Wildman–Crippen LogP) is 3.68. The Bertz CT molecular complexity index is 1290. The summed E-state index contributed by atoms with van der Waals surface area (Å²) >= 11 is 1.34. The van der Waals surface area contributed by atoms with Crippen LogP contribution in [0.1, 0.15) is 46.4 Å². The fourth-order valence-corrected chi connectivity index (χ4v) is 7.13. The first-order valence-electron chi connectivity index (χ1n) is 10.7. The topological polar surface area (TPSA) is 177 Å². The van der Waals surface area contributed by atoms with Gasteiger partial charge in [0, 0.05) is 36.7 Å². The Morgan fingerprint density at radius 3 is 1.85 bits per heavy atom. The third kappa shape index (κ3) is 12.2. The van der Waals surface area contributed by atoms with Crippen LogP contribution in [-0.4, -0.2) is 74.7 Å². The zero-order valence-electron chi connectivity index (χ0n) is 19.8. The first kappa shape index (κ1) is 34.1. The van der Waals surface area contributed by atoms with Crippen LogP contribution in [0.4, 0.5) is 26.3 Å². The summed E-state index contributed by atoms with van der Waals surface area (Å²) < 4.78 is 141. The van der Waals surface area contributed by atoms with Gasteiger partial charge in [-0.1, -0.05) is 0 Å². The van der Waals surface area contributed by atoms with Crippen LogP contribution < -0.4 is 0 Å². The van der Waals surface area contributed by atoms with Gasteiger partial charge in [-0.15, -0.1) is 11.8 Å². The molecule has 2 aromatic rings. The number of rotatable bonds is 14. The van der Waals surface area contributed by atoms with E-state index in [-0.39, 0.29) is 17.2 Å². The Kier molecular flexibility index (Phi) is 11.7. The van der Waals surface area contributed by atoms with Crippen molar-refractivity contribution in [1.29, 1.82) is 0 Å². The molecular weight excluding hydrogens is 638 g/mol. The second kappa shape index (κ2) is 13.7. The van der Waals surface area contributed by atoms with E-state index < -0.39 is 90.6 Å². The van der Waals surface area contributed by atoms with Gasteiger partial charge >= 0.3 is 12.4 Å². The third-order valence-corrected chi connectivity index (χ3v) is 9.09. The summed E-state index contributed by atoms with van der Waals surface area (Å²) in [6, 6.07) is 1.63. The molecule has 0 aliphatic carbocycles. The molecule has 2 rings (SSSR count). The fourth-order valence-electron chi connectivity index (χ4n) is 2.94. The zero-order chi connectivity index (χ0) is 30.4. The lowest BCUT2D eigenvalue weighted by molar-refractivity contribution is -0.145. The standard InChI is InChI=1S/C19H20F6N4O7S4/c20-18(21,22)15-2-4-26-16(29-15)14(38-6-8-40(34,35)36)10-11(30)9-13(37-5-7-39(31,32)33)12-1-3-27-17(28-12)19(23,24)25/h1-4,13-14H,5-10H2,(H,31,32,33)(H,34,35,36). The number of carbonyl (C=O) groups excluding carboxylic acids is 1. The van der Waals surface area contributed by atoms with E-state index in [4.69, 9.17) is 9.11 Å². The van der Waals surface area contributed by atoms with Crippen LogP contribution in [0.5, 0.6) is 0 Å². The summed E-state index contributed by atoms with van der Waals surface area (Å²) in [5.41, 5.74) is -1.65. The monoisotopic (exact) mass is 658 g/mol. The number of ketones is 1. The lowest BCUT2D eigenvalue weighted by Gasteiger charge is -2.19. The fraction of sp³-hybridized carbons (Fsp3) is 0.526. The second-order valence-electron chi connectivity index (χ2n) is 7.84. The van der Waals surface area contributed by atoms with Gasteiger partial charge in [-0.25, -0.2) is 19.9 Å². The minimum Gasteiger partial charge on any atom is -0.300 e. The van der Waals surface area contributed by atoms with E-state index in [0.29, 0.717) is 29.6 Å². The van der Waals surface area contributed by atoms with E-state index in [1.807, 2.05) is 0 Å². The number of thioether (sulfide) groups is 2. The number of Topliss-reactive ketones (excluding diaryl/α,β-unsaturated/α-hetero) is 1. The maximum atomic E-state index is 13.1. The Balaban J connectivity index is 2.33. The first-order valence-corrected chi connectivity index (χ1v) is 16.0. The molecule has 2 atom stereocenters. The van der Waals surface area contributed by atoms with Crippen molar-refractivity contribution in [1.82, 2.24) is 19.9 Å². The van der Waals surface area contributed by atoms with Crippen molar-refractivity contribution < 1.29 is 57.1 Å². The highest BCUT2D eigenvalue weighted by molar-refractivity contribution is 8.00. The van der Waals surface area contributed by atoms with E-state index >= 15 is 0 Å². The van der Waals surface area contributed by atoms with Crippen LogP contribution in [-0.2, 0) is 37.4 Å². The molecule has 0 saturated heterocycles. The molecule has 2 unspecified atom stereocenters. The number of carbonyl (C=O) groups is 1. The second-order valence-corrected chi connectivity index (χ2v) is 13.6. The van der Waals surface area contributed by atoms with E-state index in [0.717, 1.165) is 18.5 Å². The van der Waals surface area contributed by atoms with Gasteiger partial charge < -0.3 is 0 Å². The van der Waals surface area contributed by atoms with Crippen molar-refractivity contribution >= 4 is 49.5 Å². The van der Waals surface area contributed by atoms with Gasteiger partial charge in [0.05, 0.1) is 27.7 Å². The number of halogens is 6. The van der Waals surface area contributed by atoms with Crippen LogP contribution in [0.2, 0.25) is 0 Å². The van der Waals surface area contributed by atoms with E-state index in [1.165, 1.54) is 0 Å². The molecule has 0 bridgehead atoms.